The molecule has 0 unspecified atom stereocenters. The minimum atomic E-state index is 0.0754. The van der Waals surface area contributed by atoms with Gasteiger partial charge in [0.25, 0.3) is 0 Å². The number of unbranched alkanes of at least 4 members (excludes halogenated alkanes) is 11. The van der Waals surface area contributed by atoms with E-state index in [1.54, 1.807) is 11.8 Å². The van der Waals surface area contributed by atoms with E-state index < -0.39 is 0 Å². The van der Waals surface area contributed by atoms with E-state index in [4.69, 9.17) is 20.3 Å². The van der Waals surface area contributed by atoms with Gasteiger partial charge in [0.05, 0.1) is 24.5 Å². The van der Waals surface area contributed by atoms with Crippen molar-refractivity contribution in [1.29, 1.82) is 0 Å². The van der Waals surface area contributed by atoms with E-state index in [2.05, 4.69) is 24.1 Å². The first-order valence-electron chi connectivity index (χ1n) is 16.3. The smallest absolute Gasteiger partial charge is 0.230 e. The van der Waals surface area contributed by atoms with E-state index in [0.717, 1.165) is 47.3 Å². The fraction of sp³-hybridized carbons (Fsp3) is 0.667. The molecule has 9 heteroatoms. The minimum absolute atomic E-state index is 0.0754. The molecule has 0 aliphatic carbocycles. The average Bonchev–Trinajstić information content (AvgIpc) is 3.37. The SMILES string of the molecule is CCCCCCCCCCCCCSCC(=O)NCCOCCOn1c(CCCC)nc2c(N)nc3ccccc3c21. The van der Waals surface area contributed by atoms with Crippen LogP contribution in [-0.2, 0) is 16.0 Å². The number of carbonyl (C=O) groups is 1. The molecule has 3 aromatic rings. The summed E-state index contributed by atoms with van der Waals surface area (Å²) in [7, 11) is 0. The number of nitrogens with zero attached hydrogens (tertiary/aromatic N) is 3. The summed E-state index contributed by atoms with van der Waals surface area (Å²) >= 11 is 1.73. The zero-order valence-electron chi connectivity index (χ0n) is 26.0. The standard InChI is InChI=1S/C33H53N5O3S/c1-3-5-7-8-9-10-11-12-13-14-17-25-42-26-30(39)35-21-22-40-23-24-41-38-29(20-6-4-2)37-31-32(38)27-18-15-16-19-28(27)36-33(31)34/h15-16,18-19H,3-14,17,20-26H2,1-2H3,(H2,34,36)(H,35,39). The van der Waals surface area contributed by atoms with E-state index in [1.165, 1.54) is 70.6 Å². The van der Waals surface area contributed by atoms with Crippen LogP contribution in [-0.4, -0.2) is 58.5 Å². The number of carbonyl (C=O) groups excluding carboxylic acids is 1. The van der Waals surface area contributed by atoms with Gasteiger partial charge in [-0.05, 0) is 24.7 Å². The van der Waals surface area contributed by atoms with Crippen LogP contribution in [0.25, 0.3) is 21.9 Å². The highest BCUT2D eigenvalue weighted by atomic mass is 32.2. The van der Waals surface area contributed by atoms with Crippen molar-refractivity contribution < 1.29 is 14.4 Å². The summed E-state index contributed by atoms with van der Waals surface area (Å²) in [5, 5.41) is 3.91. The number of aryl methyl sites for hydroxylation is 1. The van der Waals surface area contributed by atoms with E-state index in [-0.39, 0.29) is 5.91 Å². The van der Waals surface area contributed by atoms with Crippen molar-refractivity contribution in [3.05, 3.63) is 30.1 Å². The number of pyridine rings is 1. The summed E-state index contributed by atoms with van der Waals surface area (Å²) in [5.41, 5.74) is 8.59. The number of ether oxygens (including phenoxy) is 1. The number of hydrogen-bond acceptors (Lipinski definition) is 7. The molecule has 42 heavy (non-hydrogen) atoms. The summed E-state index contributed by atoms with van der Waals surface area (Å²) in [5.74, 6) is 2.90. The molecule has 0 saturated carbocycles. The Balaban J connectivity index is 1.25. The Morgan fingerprint density at radius 3 is 2.31 bits per heavy atom. The number of benzene rings is 1. The van der Waals surface area contributed by atoms with E-state index in [9.17, 15) is 4.79 Å². The minimum Gasteiger partial charge on any atom is -0.410 e. The highest BCUT2D eigenvalue weighted by Crippen LogP contribution is 2.28. The Labute approximate surface area is 256 Å². The van der Waals surface area contributed by atoms with Crippen LogP contribution in [0.1, 0.15) is 103 Å². The number of amides is 1. The van der Waals surface area contributed by atoms with Gasteiger partial charge in [-0.15, -0.1) is 0 Å². The molecule has 1 amide bonds. The van der Waals surface area contributed by atoms with E-state index in [1.807, 2.05) is 29.0 Å². The van der Waals surface area contributed by atoms with Gasteiger partial charge in [0.2, 0.25) is 5.91 Å². The van der Waals surface area contributed by atoms with Gasteiger partial charge in [-0.3, -0.25) is 4.79 Å². The van der Waals surface area contributed by atoms with Crippen LogP contribution < -0.4 is 15.9 Å². The van der Waals surface area contributed by atoms with Crippen LogP contribution in [0.15, 0.2) is 24.3 Å². The molecule has 3 rings (SSSR count). The number of anilines is 1. The summed E-state index contributed by atoms with van der Waals surface area (Å²) in [6, 6.07) is 7.90. The van der Waals surface area contributed by atoms with E-state index in [0.29, 0.717) is 43.5 Å². The number of para-hydroxylation sites is 1. The maximum Gasteiger partial charge on any atom is 0.230 e. The lowest BCUT2D eigenvalue weighted by Gasteiger charge is -2.12. The molecule has 0 radical (unpaired) electrons. The Morgan fingerprint density at radius 2 is 1.57 bits per heavy atom. The lowest BCUT2D eigenvalue weighted by atomic mass is 10.1. The fourth-order valence-corrected chi connectivity index (χ4v) is 5.93. The topological polar surface area (TPSA) is 104 Å². The molecule has 0 spiro atoms. The zero-order valence-corrected chi connectivity index (χ0v) is 26.8. The van der Waals surface area contributed by atoms with Crippen LogP contribution in [0.2, 0.25) is 0 Å². The summed E-state index contributed by atoms with van der Waals surface area (Å²) < 4.78 is 7.54. The quantitative estimate of drug-likeness (QED) is 0.106. The molecule has 0 atom stereocenters. The van der Waals surface area contributed by atoms with Crippen molar-refractivity contribution in [2.45, 2.75) is 104 Å². The molecule has 234 valence electrons. The Morgan fingerprint density at radius 1 is 0.881 bits per heavy atom. The second-order valence-corrected chi connectivity index (χ2v) is 12.1. The zero-order chi connectivity index (χ0) is 29.8. The molecule has 0 saturated heterocycles. The predicted molar refractivity (Wildman–Crippen MR) is 177 cm³/mol. The first-order valence-corrected chi connectivity index (χ1v) is 17.4. The van der Waals surface area contributed by atoms with E-state index >= 15 is 0 Å². The van der Waals surface area contributed by atoms with Crippen LogP contribution in [0, 0.1) is 0 Å². The number of thioether (sulfide) groups is 1. The average molecular weight is 600 g/mol. The number of hydrogen-bond donors (Lipinski definition) is 2. The molecular weight excluding hydrogens is 546 g/mol. The third kappa shape index (κ3) is 11.6. The first kappa shape index (κ1) is 34.0. The molecule has 2 aromatic heterocycles. The summed E-state index contributed by atoms with van der Waals surface area (Å²) in [4.78, 5) is 27.6. The van der Waals surface area contributed by atoms with Crippen molar-refractivity contribution in [3.8, 4) is 0 Å². The van der Waals surface area contributed by atoms with Crippen molar-refractivity contribution in [3.63, 3.8) is 0 Å². The van der Waals surface area contributed by atoms with Crippen molar-refractivity contribution in [2.75, 3.05) is 43.6 Å². The molecular formula is C33H53N5O3S. The van der Waals surface area contributed by atoms with Crippen molar-refractivity contribution in [1.82, 2.24) is 20.0 Å². The van der Waals surface area contributed by atoms with Crippen LogP contribution in [0.5, 0.6) is 0 Å². The van der Waals surface area contributed by atoms with Gasteiger partial charge >= 0.3 is 0 Å². The number of aromatic nitrogens is 3. The Hall–Kier alpha value is -2.52. The normalized spacial score (nSPS) is 11.5. The number of nitrogens with two attached hydrogens (primary N) is 1. The molecule has 0 aliphatic heterocycles. The first-order chi connectivity index (χ1) is 20.7. The third-order valence-electron chi connectivity index (χ3n) is 7.44. The van der Waals surface area contributed by atoms with Gasteiger partial charge in [-0.1, -0.05) is 103 Å². The van der Waals surface area contributed by atoms with Gasteiger partial charge in [0, 0.05) is 18.4 Å². The fourth-order valence-electron chi connectivity index (χ4n) is 5.09. The predicted octanol–water partition coefficient (Wildman–Crippen LogP) is 7.11. The monoisotopic (exact) mass is 599 g/mol. The van der Waals surface area contributed by atoms with Crippen LogP contribution >= 0.6 is 11.8 Å². The van der Waals surface area contributed by atoms with Crippen molar-refractivity contribution >= 4 is 45.4 Å². The third-order valence-corrected chi connectivity index (χ3v) is 8.48. The van der Waals surface area contributed by atoms with Gasteiger partial charge in [-0.2, -0.15) is 16.5 Å². The van der Waals surface area contributed by atoms with Crippen LogP contribution in [0.4, 0.5) is 5.82 Å². The number of rotatable bonds is 24. The molecule has 2 heterocycles. The number of imidazole rings is 1. The summed E-state index contributed by atoms with van der Waals surface area (Å²) in [6.07, 6.45) is 17.7. The van der Waals surface area contributed by atoms with Crippen molar-refractivity contribution in [2.24, 2.45) is 0 Å². The Bertz CT molecular complexity index is 1190. The maximum atomic E-state index is 12.1. The lowest BCUT2D eigenvalue weighted by Crippen LogP contribution is -2.29. The number of fused-ring (bicyclic) bond motifs is 3. The molecule has 8 nitrogen and oxygen atoms in total. The largest absolute Gasteiger partial charge is 0.410 e. The second kappa shape index (κ2) is 20.4. The van der Waals surface area contributed by atoms with Gasteiger partial charge in [-0.25, -0.2) is 9.97 Å². The number of nitrogens with one attached hydrogen (secondary N) is 1. The Kier molecular flexibility index (Phi) is 16.5. The molecule has 3 N–H and O–H groups in total. The van der Waals surface area contributed by atoms with Crippen LogP contribution in [0.3, 0.4) is 0 Å². The molecule has 0 bridgehead atoms. The highest BCUT2D eigenvalue weighted by Gasteiger charge is 2.18. The van der Waals surface area contributed by atoms with Gasteiger partial charge in [0.1, 0.15) is 23.5 Å². The summed E-state index contributed by atoms with van der Waals surface area (Å²) in [6.45, 7) is 6.15. The molecule has 0 aliphatic rings. The molecule has 1 aromatic carbocycles. The van der Waals surface area contributed by atoms with Gasteiger partial charge in [0.15, 0.2) is 5.82 Å². The second-order valence-electron chi connectivity index (χ2n) is 11.0. The maximum absolute atomic E-state index is 12.1. The lowest BCUT2D eigenvalue weighted by molar-refractivity contribution is -0.118. The number of nitrogen functional groups attached to an aromatic ring is 1. The highest BCUT2D eigenvalue weighted by molar-refractivity contribution is 7.99. The van der Waals surface area contributed by atoms with Gasteiger partial charge < -0.3 is 20.6 Å². The molecule has 0 fully saturated rings.